The average Bonchev–Trinajstić information content (AvgIpc) is 2.17. The fraction of sp³-hybridized carbons (Fsp3) is 0.833. The first-order chi connectivity index (χ1) is 6.15. The molecule has 0 aromatic rings. The molecule has 1 fully saturated rings. The van der Waals surface area contributed by atoms with E-state index in [0.29, 0.717) is 5.92 Å². The van der Waals surface area contributed by atoms with Gasteiger partial charge in [-0.2, -0.15) is 0 Å². The smallest absolute Gasteiger partial charge is 0.117 e. The van der Waals surface area contributed by atoms with E-state index >= 15 is 0 Å². The molecule has 74 valence electrons. The molecule has 0 unspecified atom stereocenters. The van der Waals surface area contributed by atoms with Crippen molar-refractivity contribution in [2.75, 3.05) is 0 Å². The third kappa shape index (κ3) is 2.74. The monoisotopic (exact) mass is 180 g/mol. The van der Waals surface area contributed by atoms with Crippen LogP contribution in [0.25, 0.3) is 0 Å². The molecular formula is C12H20O. The summed E-state index contributed by atoms with van der Waals surface area (Å²) in [4.78, 5) is 0. The minimum atomic E-state index is -0.506. The van der Waals surface area contributed by atoms with E-state index in [1.54, 1.807) is 0 Å². The third-order valence-corrected chi connectivity index (χ3v) is 3.38. The Morgan fingerprint density at radius 1 is 1.15 bits per heavy atom. The molecule has 1 saturated carbocycles. The molecule has 1 atom stereocenters. The lowest BCUT2D eigenvalue weighted by atomic mass is 9.75. The van der Waals surface area contributed by atoms with Crippen LogP contribution in [0.15, 0.2) is 0 Å². The van der Waals surface area contributed by atoms with Crippen LogP contribution in [-0.2, 0) is 0 Å². The van der Waals surface area contributed by atoms with Crippen molar-refractivity contribution in [1.29, 1.82) is 0 Å². The molecule has 1 rings (SSSR count). The van der Waals surface area contributed by atoms with Crippen LogP contribution in [0.1, 0.15) is 39.5 Å². The van der Waals surface area contributed by atoms with Crippen LogP contribution in [0.5, 0.6) is 0 Å². The van der Waals surface area contributed by atoms with Gasteiger partial charge in [-0.05, 0) is 43.4 Å². The lowest BCUT2D eigenvalue weighted by Crippen LogP contribution is -2.26. The number of terminal acetylenes is 1. The van der Waals surface area contributed by atoms with Crippen molar-refractivity contribution >= 4 is 0 Å². The van der Waals surface area contributed by atoms with Gasteiger partial charge in [-0.1, -0.05) is 19.8 Å². The van der Waals surface area contributed by atoms with Gasteiger partial charge in [0.2, 0.25) is 0 Å². The topological polar surface area (TPSA) is 20.2 Å². The minimum Gasteiger partial charge on any atom is -0.380 e. The van der Waals surface area contributed by atoms with Crippen molar-refractivity contribution in [3.05, 3.63) is 0 Å². The molecule has 0 aromatic heterocycles. The minimum absolute atomic E-state index is 0.361. The molecule has 0 radical (unpaired) electrons. The summed E-state index contributed by atoms with van der Waals surface area (Å²) in [6, 6.07) is 0. The summed E-state index contributed by atoms with van der Waals surface area (Å²) in [7, 11) is 0. The lowest BCUT2D eigenvalue weighted by molar-refractivity contribution is 0.107. The Labute approximate surface area is 81.5 Å². The Kier molecular flexibility index (Phi) is 3.81. The van der Waals surface area contributed by atoms with Gasteiger partial charge in [0.1, 0.15) is 6.10 Å². The first-order valence-corrected chi connectivity index (χ1v) is 5.29. The molecule has 1 N–H and O–H groups in total. The SMILES string of the molecule is C#C[C@@H](O)C1CCC(C(C)C)CC1. The standard InChI is InChI=1S/C12H20O/c1-4-12(13)11-7-5-10(6-8-11)9(2)3/h1,9-13H,5-8H2,2-3H3/t10?,11?,12-/m1/s1. The van der Waals surface area contributed by atoms with Crippen molar-refractivity contribution in [1.82, 2.24) is 0 Å². The molecule has 0 heterocycles. The Morgan fingerprint density at radius 3 is 2.00 bits per heavy atom. The van der Waals surface area contributed by atoms with Gasteiger partial charge in [0.25, 0.3) is 0 Å². The Hall–Kier alpha value is -0.480. The van der Waals surface area contributed by atoms with Crippen LogP contribution < -0.4 is 0 Å². The quantitative estimate of drug-likeness (QED) is 0.647. The van der Waals surface area contributed by atoms with E-state index in [-0.39, 0.29) is 0 Å². The zero-order valence-electron chi connectivity index (χ0n) is 8.66. The number of aliphatic hydroxyl groups excluding tert-OH is 1. The maximum atomic E-state index is 9.47. The zero-order valence-corrected chi connectivity index (χ0v) is 8.66. The third-order valence-electron chi connectivity index (χ3n) is 3.38. The highest BCUT2D eigenvalue weighted by Crippen LogP contribution is 2.34. The van der Waals surface area contributed by atoms with E-state index < -0.39 is 6.10 Å². The maximum Gasteiger partial charge on any atom is 0.117 e. The van der Waals surface area contributed by atoms with Gasteiger partial charge < -0.3 is 5.11 Å². The first kappa shape index (κ1) is 10.6. The van der Waals surface area contributed by atoms with E-state index in [4.69, 9.17) is 6.42 Å². The summed E-state index contributed by atoms with van der Waals surface area (Å²) >= 11 is 0. The second-order valence-corrected chi connectivity index (χ2v) is 4.53. The van der Waals surface area contributed by atoms with E-state index in [1.165, 1.54) is 12.8 Å². The van der Waals surface area contributed by atoms with E-state index in [1.807, 2.05) is 0 Å². The molecule has 1 heteroatoms. The van der Waals surface area contributed by atoms with E-state index in [9.17, 15) is 5.11 Å². The highest BCUT2D eigenvalue weighted by molar-refractivity contribution is 4.98. The second-order valence-electron chi connectivity index (χ2n) is 4.53. The van der Waals surface area contributed by atoms with Gasteiger partial charge in [0, 0.05) is 0 Å². The molecule has 0 aliphatic heterocycles. The molecule has 0 spiro atoms. The van der Waals surface area contributed by atoms with Crippen molar-refractivity contribution in [3.63, 3.8) is 0 Å². The number of hydrogen-bond acceptors (Lipinski definition) is 1. The Bertz CT molecular complexity index is 182. The summed E-state index contributed by atoms with van der Waals surface area (Å²) in [5.41, 5.74) is 0. The van der Waals surface area contributed by atoms with Crippen LogP contribution in [0.2, 0.25) is 0 Å². The Balaban J connectivity index is 2.35. The predicted octanol–water partition coefficient (Wildman–Crippen LogP) is 2.44. The molecule has 0 amide bonds. The molecule has 13 heavy (non-hydrogen) atoms. The van der Waals surface area contributed by atoms with Gasteiger partial charge in [0.15, 0.2) is 0 Å². The summed E-state index contributed by atoms with van der Waals surface area (Å²) in [6.45, 7) is 4.56. The van der Waals surface area contributed by atoms with Crippen LogP contribution in [-0.4, -0.2) is 11.2 Å². The lowest BCUT2D eigenvalue weighted by Gasteiger charge is -2.31. The molecule has 0 saturated heterocycles. The predicted molar refractivity (Wildman–Crippen MR) is 55.1 cm³/mol. The number of aliphatic hydroxyl groups is 1. The molecule has 1 aliphatic rings. The van der Waals surface area contributed by atoms with Gasteiger partial charge in [-0.15, -0.1) is 6.42 Å². The van der Waals surface area contributed by atoms with E-state index in [0.717, 1.165) is 24.7 Å². The van der Waals surface area contributed by atoms with Crippen molar-refractivity contribution in [2.45, 2.75) is 45.6 Å². The number of rotatable bonds is 2. The molecule has 0 aromatic carbocycles. The molecular weight excluding hydrogens is 160 g/mol. The maximum absolute atomic E-state index is 9.47. The summed E-state index contributed by atoms with van der Waals surface area (Å²) in [6.07, 6.45) is 9.38. The summed E-state index contributed by atoms with van der Waals surface area (Å²) < 4.78 is 0. The van der Waals surface area contributed by atoms with E-state index in [2.05, 4.69) is 19.8 Å². The molecule has 0 bridgehead atoms. The van der Waals surface area contributed by atoms with Crippen molar-refractivity contribution in [2.24, 2.45) is 17.8 Å². The van der Waals surface area contributed by atoms with Crippen LogP contribution in [0.4, 0.5) is 0 Å². The second kappa shape index (κ2) is 4.67. The van der Waals surface area contributed by atoms with Crippen molar-refractivity contribution in [3.8, 4) is 12.3 Å². The molecule has 1 nitrogen and oxygen atoms in total. The first-order valence-electron chi connectivity index (χ1n) is 5.29. The fourth-order valence-electron chi connectivity index (χ4n) is 2.26. The van der Waals surface area contributed by atoms with Crippen LogP contribution in [0.3, 0.4) is 0 Å². The fourth-order valence-corrected chi connectivity index (χ4v) is 2.26. The zero-order chi connectivity index (χ0) is 9.84. The van der Waals surface area contributed by atoms with Gasteiger partial charge in [-0.25, -0.2) is 0 Å². The Morgan fingerprint density at radius 2 is 1.62 bits per heavy atom. The van der Waals surface area contributed by atoms with Gasteiger partial charge in [0.05, 0.1) is 0 Å². The normalized spacial score (nSPS) is 31.3. The largest absolute Gasteiger partial charge is 0.380 e. The average molecular weight is 180 g/mol. The highest BCUT2D eigenvalue weighted by atomic mass is 16.3. The van der Waals surface area contributed by atoms with Crippen molar-refractivity contribution < 1.29 is 5.11 Å². The molecule has 1 aliphatic carbocycles. The number of hydrogen-bond donors (Lipinski definition) is 1. The van der Waals surface area contributed by atoms with Gasteiger partial charge in [-0.3, -0.25) is 0 Å². The highest BCUT2D eigenvalue weighted by Gasteiger charge is 2.26. The summed E-state index contributed by atoms with van der Waals surface area (Å²) in [5.74, 6) is 4.43. The van der Waals surface area contributed by atoms with Gasteiger partial charge >= 0.3 is 0 Å². The van der Waals surface area contributed by atoms with Crippen LogP contribution >= 0.6 is 0 Å². The van der Waals surface area contributed by atoms with Crippen LogP contribution in [0, 0.1) is 30.1 Å². The summed E-state index contributed by atoms with van der Waals surface area (Å²) in [5, 5.41) is 9.47.